The van der Waals surface area contributed by atoms with Gasteiger partial charge in [-0.3, -0.25) is 9.80 Å². The number of fused-ring (bicyclic) bond motifs is 7. The summed E-state index contributed by atoms with van der Waals surface area (Å²) < 4.78 is 29.5. The summed E-state index contributed by atoms with van der Waals surface area (Å²) >= 11 is 0. The zero-order chi connectivity index (χ0) is 20.9. The zero-order valence-electron chi connectivity index (χ0n) is 17.9. The predicted molar refractivity (Wildman–Crippen MR) is 114 cm³/mol. The van der Waals surface area contributed by atoms with Crippen LogP contribution in [-0.4, -0.2) is 114 Å². The highest BCUT2D eigenvalue weighted by atomic mass is 16.5. The summed E-state index contributed by atoms with van der Waals surface area (Å²) in [5.41, 5.74) is 1.04. The Hall–Kier alpha value is -1.42. The van der Waals surface area contributed by atoms with E-state index >= 15 is 0 Å². The van der Waals surface area contributed by atoms with E-state index in [9.17, 15) is 5.11 Å². The molecule has 0 saturated carbocycles. The first-order valence-corrected chi connectivity index (χ1v) is 11.0. The number of aliphatic hydroxyl groups is 1. The Labute approximate surface area is 179 Å². The van der Waals surface area contributed by atoms with Crippen LogP contribution in [0.1, 0.15) is 5.56 Å². The quantitative estimate of drug-likeness (QED) is 0.695. The summed E-state index contributed by atoms with van der Waals surface area (Å²) in [6.07, 6.45) is 0.602. The van der Waals surface area contributed by atoms with Gasteiger partial charge in [0.15, 0.2) is 11.5 Å². The van der Waals surface area contributed by atoms with Gasteiger partial charge >= 0.3 is 0 Å². The van der Waals surface area contributed by atoms with Crippen LogP contribution in [-0.2, 0) is 20.6 Å². The Kier molecular flexibility index (Phi) is 10.7. The first-order valence-electron chi connectivity index (χ1n) is 11.0. The summed E-state index contributed by atoms with van der Waals surface area (Å²) in [6, 6.07) is 5.91. The molecule has 1 N–H and O–H groups in total. The summed E-state index contributed by atoms with van der Waals surface area (Å²) in [5, 5.41) is 9.26. The summed E-state index contributed by atoms with van der Waals surface area (Å²) in [5.74, 6) is 1.48. The molecule has 8 heteroatoms. The monoisotopic (exact) mass is 424 g/mol. The van der Waals surface area contributed by atoms with Gasteiger partial charge < -0.3 is 28.8 Å². The smallest absolute Gasteiger partial charge is 0.161 e. The first kappa shape index (κ1) is 23.2. The maximum absolute atomic E-state index is 9.26. The molecule has 0 amide bonds. The lowest BCUT2D eigenvalue weighted by molar-refractivity contribution is 0.0299. The van der Waals surface area contributed by atoms with Crippen LogP contribution < -0.4 is 9.47 Å². The number of rotatable bonds is 2. The van der Waals surface area contributed by atoms with Crippen LogP contribution in [0, 0.1) is 0 Å². The van der Waals surface area contributed by atoms with Crippen molar-refractivity contribution in [3.8, 4) is 11.5 Å². The second-order valence-corrected chi connectivity index (χ2v) is 7.47. The maximum Gasteiger partial charge on any atom is 0.161 e. The van der Waals surface area contributed by atoms with E-state index in [2.05, 4.69) is 9.80 Å². The van der Waals surface area contributed by atoms with Crippen molar-refractivity contribution in [3.05, 3.63) is 23.8 Å². The summed E-state index contributed by atoms with van der Waals surface area (Å²) in [6.45, 7) is 10.1. The average Bonchev–Trinajstić information content (AvgIpc) is 2.76. The van der Waals surface area contributed by atoms with Crippen LogP contribution in [0.15, 0.2) is 18.2 Å². The van der Waals surface area contributed by atoms with Crippen LogP contribution >= 0.6 is 0 Å². The molecule has 2 bridgehead atoms. The molecular formula is C22H36N2O6. The van der Waals surface area contributed by atoms with Gasteiger partial charge in [0, 0.05) is 45.9 Å². The van der Waals surface area contributed by atoms with Crippen molar-refractivity contribution in [2.75, 3.05) is 98.7 Å². The van der Waals surface area contributed by atoms with Gasteiger partial charge in [0.1, 0.15) is 13.2 Å². The van der Waals surface area contributed by atoms with E-state index in [1.165, 1.54) is 0 Å². The fourth-order valence-corrected chi connectivity index (χ4v) is 3.51. The topological polar surface area (TPSA) is 72.9 Å². The van der Waals surface area contributed by atoms with Gasteiger partial charge in [0.25, 0.3) is 0 Å². The lowest BCUT2D eigenvalue weighted by atomic mass is 10.1. The molecular weight excluding hydrogens is 388 g/mol. The molecule has 30 heavy (non-hydrogen) atoms. The Morgan fingerprint density at radius 2 is 1.13 bits per heavy atom. The molecule has 0 aliphatic carbocycles. The normalized spacial score (nSPS) is 25.4. The second kappa shape index (κ2) is 13.8. The molecule has 0 aromatic heterocycles. The molecule has 1 aromatic rings. The third kappa shape index (κ3) is 8.37. The van der Waals surface area contributed by atoms with Crippen LogP contribution in [0.25, 0.3) is 0 Å². The van der Waals surface area contributed by atoms with Crippen LogP contribution in [0.2, 0.25) is 0 Å². The molecule has 8 nitrogen and oxygen atoms in total. The summed E-state index contributed by atoms with van der Waals surface area (Å²) in [4.78, 5) is 4.61. The van der Waals surface area contributed by atoms with Crippen molar-refractivity contribution in [1.29, 1.82) is 0 Å². The van der Waals surface area contributed by atoms with Crippen molar-refractivity contribution in [2.45, 2.75) is 6.42 Å². The van der Waals surface area contributed by atoms with Crippen molar-refractivity contribution in [3.63, 3.8) is 0 Å². The Balaban J connectivity index is 1.73. The average molecular weight is 425 g/mol. The molecule has 2 unspecified atom stereocenters. The minimum atomic E-state index is 0.116. The van der Waals surface area contributed by atoms with E-state index in [1.54, 1.807) is 0 Å². The van der Waals surface area contributed by atoms with Gasteiger partial charge in [-0.2, -0.15) is 0 Å². The molecule has 3 rings (SSSR count). The van der Waals surface area contributed by atoms with Crippen LogP contribution in [0.3, 0.4) is 0 Å². The maximum atomic E-state index is 9.26. The van der Waals surface area contributed by atoms with E-state index in [1.807, 2.05) is 18.2 Å². The third-order valence-electron chi connectivity index (χ3n) is 5.32. The van der Waals surface area contributed by atoms with Crippen molar-refractivity contribution in [1.82, 2.24) is 9.80 Å². The van der Waals surface area contributed by atoms with Crippen molar-refractivity contribution in [2.24, 2.45) is 0 Å². The van der Waals surface area contributed by atoms with E-state index < -0.39 is 0 Å². The van der Waals surface area contributed by atoms with E-state index in [0.29, 0.717) is 59.3 Å². The standard InChI is InChI=1S/C22H36N2O6/c25-10-3-20-1-2-21-22(19-20)30-16-9-24-5-12-26-11-4-23(8-15-29-21)6-13-27-17-18-28-14-7-24/h1-2,19,25H,3-18H2. The highest BCUT2D eigenvalue weighted by molar-refractivity contribution is 5.43. The van der Waals surface area contributed by atoms with Gasteiger partial charge in [0.05, 0.1) is 39.6 Å². The molecule has 1 fully saturated rings. The highest BCUT2D eigenvalue weighted by Crippen LogP contribution is 2.29. The molecule has 0 radical (unpaired) electrons. The Morgan fingerprint density at radius 3 is 1.70 bits per heavy atom. The molecule has 170 valence electrons. The number of ether oxygens (including phenoxy) is 5. The number of aliphatic hydroxyl groups excluding tert-OH is 1. The molecule has 2 atom stereocenters. The van der Waals surface area contributed by atoms with Gasteiger partial charge in [-0.25, -0.2) is 0 Å². The van der Waals surface area contributed by atoms with E-state index in [4.69, 9.17) is 23.7 Å². The largest absolute Gasteiger partial charge is 0.488 e. The minimum absolute atomic E-state index is 0.116. The van der Waals surface area contributed by atoms with Gasteiger partial charge in [-0.1, -0.05) is 6.07 Å². The SMILES string of the molecule is OCCc1ccc2c(c1)OCCN1CCOCCOCCN(CCOCC1)CCO2. The third-order valence-corrected chi connectivity index (χ3v) is 5.32. The van der Waals surface area contributed by atoms with Gasteiger partial charge in [-0.05, 0) is 24.1 Å². The highest BCUT2D eigenvalue weighted by Gasteiger charge is 2.13. The minimum Gasteiger partial charge on any atom is -0.488 e. The van der Waals surface area contributed by atoms with E-state index in [0.717, 1.165) is 56.3 Å². The first-order chi connectivity index (χ1) is 14.8. The van der Waals surface area contributed by atoms with Crippen LogP contribution in [0.5, 0.6) is 11.5 Å². The molecule has 1 aromatic carbocycles. The van der Waals surface area contributed by atoms with Gasteiger partial charge in [0.2, 0.25) is 0 Å². The second-order valence-electron chi connectivity index (χ2n) is 7.47. The molecule has 2 heterocycles. The number of hydrogen-bond donors (Lipinski definition) is 1. The van der Waals surface area contributed by atoms with Crippen molar-refractivity contribution >= 4 is 0 Å². The molecule has 2 aliphatic rings. The number of benzene rings is 1. The number of hydrogen-bond acceptors (Lipinski definition) is 8. The Bertz CT molecular complexity index is 603. The predicted octanol–water partition coefficient (Wildman–Crippen LogP) is 0.660. The molecule has 1 saturated heterocycles. The van der Waals surface area contributed by atoms with E-state index in [-0.39, 0.29) is 6.61 Å². The molecule has 0 spiro atoms. The fraction of sp³-hybridized carbons (Fsp3) is 0.727. The fourth-order valence-electron chi connectivity index (χ4n) is 3.51. The van der Waals surface area contributed by atoms with Crippen LogP contribution in [0.4, 0.5) is 0 Å². The van der Waals surface area contributed by atoms with Crippen molar-refractivity contribution < 1.29 is 28.8 Å². The summed E-state index contributed by atoms with van der Waals surface area (Å²) in [7, 11) is 0. The molecule has 2 aliphatic heterocycles. The number of nitrogens with zero attached hydrogens (tertiary/aromatic N) is 2. The Morgan fingerprint density at radius 1 is 0.633 bits per heavy atom. The lowest BCUT2D eigenvalue weighted by Crippen LogP contribution is -2.36. The van der Waals surface area contributed by atoms with Gasteiger partial charge in [-0.15, -0.1) is 0 Å². The lowest BCUT2D eigenvalue weighted by Gasteiger charge is -2.22. The zero-order valence-corrected chi connectivity index (χ0v) is 17.9.